The molecule has 0 spiro atoms. The van der Waals surface area contributed by atoms with Crippen molar-refractivity contribution < 1.29 is 14.3 Å². The molecule has 0 unspecified atom stereocenters. The van der Waals surface area contributed by atoms with Crippen LogP contribution in [-0.2, 0) is 14.3 Å². The number of carbonyl (C=O) groups excluding carboxylic acids is 2. The highest BCUT2D eigenvalue weighted by Gasteiger charge is 2.21. The molecular weight excluding hydrogens is 382 g/mol. The van der Waals surface area contributed by atoms with Crippen LogP contribution in [0.1, 0.15) is 32.4 Å². The first kappa shape index (κ1) is 19.5. The van der Waals surface area contributed by atoms with E-state index >= 15 is 0 Å². The van der Waals surface area contributed by atoms with Gasteiger partial charge in [0.1, 0.15) is 11.5 Å². The van der Waals surface area contributed by atoms with Crippen molar-refractivity contribution in [2.45, 2.75) is 26.7 Å². The average molecular weight is 401 g/mol. The van der Waals surface area contributed by atoms with Gasteiger partial charge in [0.25, 0.3) is 5.56 Å². The summed E-state index contributed by atoms with van der Waals surface area (Å²) in [5, 5.41) is 8.82. The standard InChI is InChI=1S/C18H19N5O4S/c1-4-27-17(26)16(25)20-14-8-12(13-6-5-7-28-13)22-23(14)18-19-11(10(2)3)9-15(24)21-18/h5-10H,4H2,1-3H3,(H,20,25)(H,19,21,24). The highest BCUT2D eigenvalue weighted by Crippen LogP contribution is 2.27. The summed E-state index contributed by atoms with van der Waals surface area (Å²) < 4.78 is 6.01. The van der Waals surface area contributed by atoms with Gasteiger partial charge in [0.2, 0.25) is 5.95 Å². The second-order valence-electron chi connectivity index (χ2n) is 6.13. The maximum Gasteiger partial charge on any atom is 0.397 e. The third-order valence-electron chi connectivity index (χ3n) is 3.73. The van der Waals surface area contributed by atoms with E-state index in [4.69, 9.17) is 4.74 Å². The first-order valence-corrected chi connectivity index (χ1v) is 9.50. The monoisotopic (exact) mass is 401 g/mol. The molecule has 1 amide bonds. The van der Waals surface area contributed by atoms with Crippen molar-refractivity contribution in [2.24, 2.45) is 0 Å². The van der Waals surface area contributed by atoms with Crippen molar-refractivity contribution in [1.82, 2.24) is 19.7 Å². The first-order chi connectivity index (χ1) is 13.4. The topological polar surface area (TPSA) is 119 Å². The number of hydrogen-bond donors (Lipinski definition) is 2. The summed E-state index contributed by atoms with van der Waals surface area (Å²) in [6.07, 6.45) is 0. The molecule has 0 aliphatic heterocycles. The molecule has 9 nitrogen and oxygen atoms in total. The number of esters is 1. The Morgan fingerprint density at radius 1 is 1.36 bits per heavy atom. The highest BCUT2D eigenvalue weighted by atomic mass is 32.1. The molecule has 3 aromatic heterocycles. The lowest BCUT2D eigenvalue weighted by molar-refractivity contribution is -0.152. The van der Waals surface area contributed by atoms with Gasteiger partial charge in [-0.2, -0.15) is 9.78 Å². The molecule has 2 N–H and O–H groups in total. The van der Waals surface area contributed by atoms with Crippen LogP contribution in [0, 0.1) is 0 Å². The van der Waals surface area contributed by atoms with E-state index in [0.717, 1.165) is 4.88 Å². The van der Waals surface area contributed by atoms with Gasteiger partial charge in [-0.05, 0) is 24.3 Å². The molecule has 28 heavy (non-hydrogen) atoms. The van der Waals surface area contributed by atoms with Crippen molar-refractivity contribution in [3.8, 4) is 16.5 Å². The molecule has 0 aromatic carbocycles. The van der Waals surface area contributed by atoms with E-state index < -0.39 is 11.9 Å². The molecule has 0 aliphatic carbocycles. The van der Waals surface area contributed by atoms with Gasteiger partial charge in [0.05, 0.1) is 17.2 Å². The summed E-state index contributed by atoms with van der Waals surface area (Å²) in [7, 11) is 0. The molecule has 0 bridgehead atoms. The number of aromatic amines is 1. The van der Waals surface area contributed by atoms with E-state index in [0.29, 0.717) is 11.4 Å². The van der Waals surface area contributed by atoms with Gasteiger partial charge in [-0.15, -0.1) is 11.3 Å². The number of rotatable bonds is 5. The number of ether oxygens (including phenoxy) is 1. The number of H-pyrrole nitrogens is 1. The Bertz CT molecular complexity index is 1050. The van der Waals surface area contributed by atoms with Crippen LogP contribution < -0.4 is 10.9 Å². The Morgan fingerprint density at radius 3 is 2.79 bits per heavy atom. The van der Waals surface area contributed by atoms with E-state index in [-0.39, 0.29) is 29.9 Å². The molecule has 0 fully saturated rings. The van der Waals surface area contributed by atoms with Crippen molar-refractivity contribution >= 4 is 29.0 Å². The van der Waals surface area contributed by atoms with E-state index in [1.165, 1.54) is 22.1 Å². The predicted octanol–water partition coefficient (Wildman–Crippen LogP) is 2.31. The molecule has 146 valence electrons. The van der Waals surface area contributed by atoms with Crippen LogP contribution in [0.2, 0.25) is 0 Å². The minimum atomic E-state index is -1.01. The zero-order valence-corrected chi connectivity index (χ0v) is 16.4. The smallest absolute Gasteiger partial charge is 0.397 e. The Kier molecular flexibility index (Phi) is 5.69. The number of carbonyl (C=O) groups is 2. The van der Waals surface area contributed by atoms with Crippen LogP contribution >= 0.6 is 11.3 Å². The van der Waals surface area contributed by atoms with Gasteiger partial charge < -0.3 is 10.1 Å². The van der Waals surface area contributed by atoms with E-state index in [2.05, 4.69) is 20.4 Å². The molecule has 3 rings (SSSR count). The fourth-order valence-corrected chi connectivity index (χ4v) is 3.08. The molecular formula is C18H19N5O4S. The average Bonchev–Trinajstić information content (AvgIpc) is 3.31. The summed E-state index contributed by atoms with van der Waals surface area (Å²) in [5.74, 6) is -1.61. The highest BCUT2D eigenvalue weighted by molar-refractivity contribution is 7.13. The maximum atomic E-state index is 12.1. The number of amides is 1. The lowest BCUT2D eigenvalue weighted by atomic mass is 10.1. The Hall–Kier alpha value is -3.27. The van der Waals surface area contributed by atoms with Crippen LogP contribution in [0.25, 0.3) is 16.5 Å². The van der Waals surface area contributed by atoms with Gasteiger partial charge >= 0.3 is 11.9 Å². The zero-order chi connectivity index (χ0) is 20.3. The van der Waals surface area contributed by atoms with Crippen molar-refractivity contribution in [3.05, 3.63) is 45.7 Å². The Balaban J connectivity index is 2.07. The molecule has 0 atom stereocenters. The van der Waals surface area contributed by atoms with Crippen molar-refractivity contribution in [3.63, 3.8) is 0 Å². The van der Waals surface area contributed by atoms with Gasteiger partial charge in [-0.25, -0.2) is 9.78 Å². The number of aromatic nitrogens is 4. The quantitative estimate of drug-likeness (QED) is 0.500. The van der Waals surface area contributed by atoms with Crippen molar-refractivity contribution in [2.75, 3.05) is 11.9 Å². The summed E-state index contributed by atoms with van der Waals surface area (Å²) in [4.78, 5) is 43.8. The summed E-state index contributed by atoms with van der Waals surface area (Å²) in [6, 6.07) is 6.75. The largest absolute Gasteiger partial charge is 0.459 e. The van der Waals surface area contributed by atoms with E-state index in [1.807, 2.05) is 31.4 Å². The SMILES string of the molecule is CCOC(=O)C(=O)Nc1cc(-c2cccs2)nn1-c1nc(C(C)C)cc(=O)[nH]1. The zero-order valence-electron chi connectivity index (χ0n) is 15.6. The van der Waals surface area contributed by atoms with Crippen LogP contribution in [-0.4, -0.2) is 38.2 Å². The normalized spacial score (nSPS) is 10.9. The van der Waals surface area contributed by atoms with Crippen molar-refractivity contribution in [1.29, 1.82) is 0 Å². The van der Waals surface area contributed by atoms with Crippen LogP contribution in [0.3, 0.4) is 0 Å². The maximum absolute atomic E-state index is 12.1. The third-order valence-corrected chi connectivity index (χ3v) is 4.62. The number of thiophene rings is 1. The lowest BCUT2D eigenvalue weighted by Gasteiger charge is -2.10. The second-order valence-corrected chi connectivity index (χ2v) is 7.07. The molecule has 0 saturated carbocycles. The molecule has 0 aliphatic rings. The molecule has 10 heteroatoms. The van der Waals surface area contributed by atoms with Gasteiger partial charge in [0, 0.05) is 12.1 Å². The predicted molar refractivity (Wildman–Crippen MR) is 105 cm³/mol. The molecule has 3 heterocycles. The Labute approximate surface area is 164 Å². The number of nitrogens with one attached hydrogen (secondary N) is 2. The number of nitrogens with zero attached hydrogens (tertiary/aromatic N) is 3. The van der Waals surface area contributed by atoms with E-state index in [9.17, 15) is 14.4 Å². The number of anilines is 1. The summed E-state index contributed by atoms with van der Waals surface area (Å²) >= 11 is 1.47. The summed E-state index contributed by atoms with van der Waals surface area (Å²) in [5.41, 5.74) is 0.797. The van der Waals surface area contributed by atoms with E-state index in [1.54, 1.807) is 13.0 Å². The fourth-order valence-electron chi connectivity index (χ4n) is 2.40. The van der Waals surface area contributed by atoms with Crippen LogP contribution in [0.5, 0.6) is 0 Å². The first-order valence-electron chi connectivity index (χ1n) is 8.62. The minimum absolute atomic E-state index is 0.0194. The molecule has 3 aromatic rings. The Morgan fingerprint density at radius 2 is 2.14 bits per heavy atom. The number of hydrogen-bond acceptors (Lipinski definition) is 7. The lowest BCUT2D eigenvalue weighted by Crippen LogP contribution is -2.26. The second kappa shape index (κ2) is 8.17. The van der Waals surface area contributed by atoms with Crippen LogP contribution in [0.4, 0.5) is 5.82 Å². The minimum Gasteiger partial charge on any atom is -0.459 e. The third kappa shape index (κ3) is 4.17. The molecule has 0 radical (unpaired) electrons. The molecule has 0 saturated heterocycles. The van der Waals surface area contributed by atoms with Gasteiger partial charge in [0.15, 0.2) is 0 Å². The van der Waals surface area contributed by atoms with Gasteiger partial charge in [-0.3, -0.25) is 14.6 Å². The summed E-state index contributed by atoms with van der Waals surface area (Å²) in [6.45, 7) is 5.51. The van der Waals surface area contributed by atoms with Crippen LogP contribution in [0.15, 0.2) is 34.4 Å². The van der Waals surface area contributed by atoms with Gasteiger partial charge in [-0.1, -0.05) is 19.9 Å². The fraction of sp³-hybridized carbons (Fsp3) is 0.278.